The Morgan fingerprint density at radius 1 is 1.42 bits per heavy atom. The molecule has 0 aliphatic heterocycles. The summed E-state index contributed by atoms with van der Waals surface area (Å²) >= 11 is 1.23. The molecule has 0 radical (unpaired) electrons. The third-order valence-electron chi connectivity index (χ3n) is 3.34. The number of hydrogen-bond donors (Lipinski definition) is 1. The summed E-state index contributed by atoms with van der Waals surface area (Å²) in [6.07, 6.45) is 0. The summed E-state index contributed by atoms with van der Waals surface area (Å²) in [7, 11) is 0. The van der Waals surface area contributed by atoms with Crippen LogP contribution in [0.1, 0.15) is 27.1 Å². The topological polar surface area (TPSA) is 109 Å². The number of rotatable bonds is 5. The lowest BCUT2D eigenvalue weighted by atomic mass is 10.1. The Morgan fingerprint density at radius 2 is 2.21 bits per heavy atom. The normalized spacial score (nSPS) is 11.8. The van der Waals surface area contributed by atoms with Crippen molar-refractivity contribution in [3.63, 3.8) is 0 Å². The van der Waals surface area contributed by atoms with E-state index < -0.39 is 24.3 Å². The van der Waals surface area contributed by atoms with Gasteiger partial charge in [-0.3, -0.25) is 9.89 Å². The first-order valence-corrected chi connectivity index (χ1v) is 7.92. The number of aromatic nitrogens is 3. The SMILES string of the molecule is Cc1csc(C(C#N)C(=O)COC(=O)c2n[nH]c3ccccc23)n1. The van der Waals surface area contributed by atoms with E-state index in [1.54, 1.807) is 30.5 Å². The summed E-state index contributed by atoms with van der Waals surface area (Å²) in [6.45, 7) is 1.28. The van der Waals surface area contributed by atoms with Crippen molar-refractivity contribution in [2.75, 3.05) is 6.61 Å². The Bertz CT molecular complexity index is 954. The molecule has 0 spiro atoms. The molecule has 8 heteroatoms. The van der Waals surface area contributed by atoms with Gasteiger partial charge in [0.1, 0.15) is 5.01 Å². The number of aryl methyl sites for hydroxylation is 1. The third kappa shape index (κ3) is 3.02. The lowest BCUT2D eigenvalue weighted by Crippen LogP contribution is -2.20. The first kappa shape index (κ1) is 15.8. The molecule has 24 heavy (non-hydrogen) atoms. The van der Waals surface area contributed by atoms with Crippen LogP contribution < -0.4 is 0 Å². The maximum atomic E-state index is 12.2. The number of Topliss-reactive ketones (excluding diaryl/α,β-unsaturated/α-hetero) is 1. The molecule has 1 atom stereocenters. The Balaban J connectivity index is 1.69. The molecule has 2 heterocycles. The quantitative estimate of drug-likeness (QED) is 0.714. The van der Waals surface area contributed by atoms with Crippen LogP contribution in [0, 0.1) is 18.3 Å². The van der Waals surface area contributed by atoms with E-state index in [2.05, 4.69) is 15.2 Å². The highest BCUT2D eigenvalue weighted by atomic mass is 32.1. The van der Waals surface area contributed by atoms with E-state index in [4.69, 9.17) is 4.74 Å². The van der Waals surface area contributed by atoms with Crippen molar-refractivity contribution < 1.29 is 14.3 Å². The maximum Gasteiger partial charge on any atom is 0.359 e. The molecule has 0 amide bonds. The van der Waals surface area contributed by atoms with Crippen LogP contribution in [0.2, 0.25) is 0 Å². The minimum Gasteiger partial charge on any atom is -0.453 e. The van der Waals surface area contributed by atoms with Gasteiger partial charge in [0.05, 0.1) is 11.6 Å². The van der Waals surface area contributed by atoms with Crippen molar-refractivity contribution in [3.05, 3.63) is 46.0 Å². The van der Waals surface area contributed by atoms with Crippen molar-refractivity contribution in [1.82, 2.24) is 15.2 Å². The number of thiazole rings is 1. The van der Waals surface area contributed by atoms with Gasteiger partial charge in [0.2, 0.25) is 0 Å². The number of hydrogen-bond acceptors (Lipinski definition) is 7. The molecule has 0 bridgehead atoms. The highest BCUT2D eigenvalue weighted by Crippen LogP contribution is 2.21. The fourth-order valence-electron chi connectivity index (χ4n) is 2.18. The Labute approximate surface area is 140 Å². The van der Waals surface area contributed by atoms with Gasteiger partial charge in [-0.05, 0) is 13.0 Å². The minimum atomic E-state index is -1.03. The van der Waals surface area contributed by atoms with E-state index in [0.717, 1.165) is 5.69 Å². The summed E-state index contributed by atoms with van der Waals surface area (Å²) < 4.78 is 5.02. The predicted molar refractivity (Wildman–Crippen MR) is 86.6 cm³/mol. The van der Waals surface area contributed by atoms with Gasteiger partial charge in [-0.2, -0.15) is 10.4 Å². The van der Waals surface area contributed by atoms with Crippen LogP contribution in [0.3, 0.4) is 0 Å². The molecule has 0 aliphatic carbocycles. The van der Waals surface area contributed by atoms with Crippen LogP contribution in [-0.2, 0) is 9.53 Å². The van der Waals surface area contributed by atoms with Crippen LogP contribution in [0.4, 0.5) is 0 Å². The van der Waals surface area contributed by atoms with Crippen molar-refractivity contribution >= 4 is 34.0 Å². The van der Waals surface area contributed by atoms with Gasteiger partial charge in [-0.25, -0.2) is 9.78 Å². The lowest BCUT2D eigenvalue weighted by Gasteiger charge is -2.06. The number of H-pyrrole nitrogens is 1. The van der Waals surface area contributed by atoms with Crippen LogP contribution in [-0.4, -0.2) is 33.5 Å². The van der Waals surface area contributed by atoms with Gasteiger partial charge in [0.15, 0.2) is 24.0 Å². The van der Waals surface area contributed by atoms with Gasteiger partial charge in [-0.1, -0.05) is 18.2 Å². The summed E-state index contributed by atoms with van der Waals surface area (Å²) in [5, 5.41) is 18.6. The zero-order valence-electron chi connectivity index (χ0n) is 12.6. The second-order valence-corrected chi connectivity index (χ2v) is 5.94. The van der Waals surface area contributed by atoms with Gasteiger partial charge >= 0.3 is 5.97 Å². The molecular weight excluding hydrogens is 328 g/mol. The fourth-order valence-corrected chi connectivity index (χ4v) is 3.04. The smallest absolute Gasteiger partial charge is 0.359 e. The van der Waals surface area contributed by atoms with Crippen LogP contribution in [0.5, 0.6) is 0 Å². The number of benzene rings is 1. The number of esters is 1. The summed E-state index contributed by atoms with van der Waals surface area (Å²) in [4.78, 5) is 28.4. The molecule has 1 unspecified atom stereocenters. The molecule has 1 N–H and O–H groups in total. The zero-order chi connectivity index (χ0) is 17.1. The highest BCUT2D eigenvalue weighted by molar-refractivity contribution is 7.09. The maximum absolute atomic E-state index is 12.2. The van der Waals surface area contributed by atoms with Gasteiger partial charge in [-0.15, -0.1) is 11.3 Å². The first-order valence-electron chi connectivity index (χ1n) is 7.04. The van der Waals surface area contributed by atoms with E-state index in [0.29, 0.717) is 15.9 Å². The predicted octanol–water partition coefficient (Wildman–Crippen LogP) is 2.36. The van der Waals surface area contributed by atoms with E-state index >= 15 is 0 Å². The van der Waals surface area contributed by atoms with Crippen molar-refractivity contribution in [3.8, 4) is 6.07 Å². The van der Waals surface area contributed by atoms with Crippen molar-refractivity contribution in [1.29, 1.82) is 5.26 Å². The van der Waals surface area contributed by atoms with E-state index in [1.165, 1.54) is 11.3 Å². The second-order valence-electron chi connectivity index (χ2n) is 5.05. The molecule has 0 saturated carbocycles. The lowest BCUT2D eigenvalue weighted by molar-refractivity contribution is -0.122. The number of ketones is 1. The van der Waals surface area contributed by atoms with E-state index in [-0.39, 0.29) is 5.69 Å². The van der Waals surface area contributed by atoms with E-state index in [9.17, 15) is 14.9 Å². The molecule has 3 rings (SSSR count). The number of nitrogens with one attached hydrogen (secondary N) is 1. The minimum absolute atomic E-state index is 0.108. The number of carbonyl (C=O) groups is 2. The molecular formula is C16H12N4O3S. The molecule has 7 nitrogen and oxygen atoms in total. The third-order valence-corrected chi connectivity index (χ3v) is 4.37. The summed E-state index contributed by atoms with van der Waals surface area (Å²) in [6, 6.07) is 9.00. The number of nitriles is 1. The van der Waals surface area contributed by atoms with Crippen molar-refractivity contribution in [2.24, 2.45) is 0 Å². The first-order chi connectivity index (χ1) is 11.6. The van der Waals surface area contributed by atoms with E-state index in [1.807, 2.05) is 12.1 Å². The molecule has 0 saturated heterocycles. The van der Waals surface area contributed by atoms with Crippen LogP contribution in [0.25, 0.3) is 10.9 Å². The summed E-state index contributed by atoms with van der Waals surface area (Å²) in [5.74, 6) is -2.26. The fraction of sp³-hybridized carbons (Fsp3) is 0.188. The Kier molecular flexibility index (Phi) is 4.35. The zero-order valence-corrected chi connectivity index (χ0v) is 13.5. The van der Waals surface area contributed by atoms with Gasteiger partial charge in [0, 0.05) is 16.5 Å². The average molecular weight is 340 g/mol. The van der Waals surface area contributed by atoms with Crippen LogP contribution in [0.15, 0.2) is 29.6 Å². The molecule has 0 aliphatic rings. The molecule has 2 aromatic heterocycles. The summed E-state index contributed by atoms with van der Waals surface area (Å²) in [5.41, 5.74) is 1.55. The standard InChI is InChI=1S/C16H12N4O3S/c1-9-8-24-15(18-9)11(6-17)13(21)7-23-16(22)14-10-4-2-3-5-12(10)19-20-14/h2-5,8,11H,7H2,1H3,(H,19,20). The molecule has 3 aromatic rings. The largest absolute Gasteiger partial charge is 0.453 e. The molecule has 1 aromatic carbocycles. The van der Waals surface area contributed by atoms with Crippen molar-refractivity contribution in [2.45, 2.75) is 12.8 Å². The molecule has 0 fully saturated rings. The average Bonchev–Trinajstić information content (AvgIpc) is 3.20. The number of fused-ring (bicyclic) bond motifs is 1. The monoisotopic (exact) mass is 340 g/mol. The number of carbonyl (C=O) groups excluding carboxylic acids is 2. The van der Waals surface area contributed by atoms with Gasteiger partial charge < -0.3 is 4.74 Å². The number of ether oxygens (including phenoxy) is 1. The number of nitrogens with zero attached hydrogens (tertiary/aromatic N) is 3. The Morgan fingerprint density at radius 3 is 2.92 bits per heavy atom. The highest BCUT2D eigenvalue weighted by Gasteiger charge is 2.25. The Hall–Kier alpha value is -3.05. The number of aromatic amines is 1. The number of para-hydroxylation sites is 1. The second kappa shape index (κ2) is 6.60. The molecule has 120 valence electrons. The van der Waals surface area contributed by atoms with Crippen LogP contribution >= 0.6 is 11.3 Å². The van der Waals surface area contributed by atoms with Gasteiger partial charge in [0.25, 0.3) is 0 Å².